The zero-order valence-corrected chi connectivity index (χ0v) is 15.8. The van der Waals surface area contributed by atoms with Crippen LogP contribution in [0.25, 0.3) is 0 Å². The van der Waals surface area contributed by atoms with Gasteiger partial charge in [-0.3, -0.25) is 4.79 Å². The summed E-state index contributed by atoms with van der Waals surface area (Å²) in [6.45, 7) is 1.47. The van der Waals surface area contributed by atoms with Gasteiger partial charge in [-0.15, -0.1) is 0 Å². The second-order valence-electron chi connectivity index (χ2n) is 6.97. The minimum Gasteiger partial charge on any atom is -0.473 e. The summed E-state index contributed by atoms with van der Waals surface area (Å²) in [6.07, 6.45) is 2.49. The minimum atomic E-state index is -0.548. The molecule has 28 heavy (non-hydrogen) atoms. The van der Waals surface area contributed by atoms with Crippen LogP contribution >= 0.6 is 0 Å². The molecule has 0 aliphatic carbocycles. The lowest BCUT2D eigenvalue weighted by atomic mass is 9.90. The number of benzene rings is 1. The number of fused-ring (bicyclic) bond motifs is 1. The van der Waals surface area contributed by atoms with Crippen molar-refractivity contribution in [1.29, 1.82) is 0 Å². The molecule has 0 spiro atoms. The summed E-state index contributed by atoms with van der Waals surface area (Å²) in [6, 6.07) is 7.51. The number of ether oxygens (including phenoxy) is 4. The van der Waals surface area contributed by atoms with Gasteiger partial charge in [-0.05, 0) is 23.6 Å². The molecular formula is C20H23N3O5. The summed E-state index contributed by atoms with van der Waals surface area (Å²) >= 11 is 0. The topological polar surface area (TPSA) is 106 Å². The average molecular weight is 385 g/mol. The third-order valence-corrected chi connectivity index (χ3v) is 5.22. The second-order valence-corrected chi connectivity index (χ2v) is 6.97. The van der Waals surface area contributed by atoms with E-state index in [1.165, 1.54) is 0 Å². The Kier molecular flexibility index (Phi) is 5.15. The summed E-state index contributed by atoms with van der Waals surface area (Å²) in [5, 5.41) is 0. The molecule has 0 atom stereocenters. The van der Waals surface area contributed by atoms with Crippen molar-refractivity contribution in [2.24, 2.45) is 0 Å². The molecule has 0 bridgehead atoms. The number of nitrogen functional groups attached to an aromatic ring is 1. The Bertz CT molecular complexity index is 880. The van der Waals surface area contributed by atoms with Crippen molar-refractivity contribution in [1.82, 2.24) is 9.97 Å². The molecule has 0 radical (unpaired) electrons. The normalized spacial score (nSPS) is 18.2. The number of carbonyl (C=O) groups excluding carboxylic acids is 1. The first kappa shape index (κ1) is 18.6. The highest BCUT2D eigenvalue weighted by Crippen LogP contribution is 2.36. The predicted molar refractivity (Wildman–Crippen MR) is 99.9 cm³/mol. The number of hydrogen-bond acceptors (Lipinski definition) is 8. The van der Waals surface area contributed by atoms with E-state index in [1.807, 2.05) is 18.2 Å². The molecule has 0 amide bonds. The summed E-state index contributed by atoms with van der Waals surface area (Å²) in [7, 11) is 1.67. The van der Waals surface area contributed by atoms with Crippen molar-refractivity contribution in [3.05, 3.63) is 41.1 Å². The Morgan fingerprint density at radius 1 is 1.18 bits per heavy atom. The molecule has 4 rings (SSSR count). The highest BCUT2D eigenvalue weighted by atomic mass is 16.5. The Morgan fingerprint density at radius 2 is 2.00 bits per heavy atom. The first-order chi connectivity index (χ1) is 13.6. The Morgan fingerprint density at radius 3 is 2.79 bits per heavy atom. The third-order valence-electron chi connectivity index (χ3n) is 5.22. The number of hydrogen-bond donors (Lipinski definition) is 1. The van der Waals surface area contributed by atoms with Crippen LogP contribution in [0.2, 0.25) is 0 Å². The number of carbonyl (C=O) groups is 1. The number of methoxy groups -OCH3 is 1. The summed E-state index contributed by atoms with van der Waals surface area (Å²) in [5.41, 5.74) is 7.96. The molecule has 8 nitrogen and oxygen atoms in total. The fourth-order valence-corrected chi connectivity index (χ4v) is 3.57. The molecule has 1 fully saturated rings. The number of rotatable bonds is 5. The van der Waals surface area contributed by atoms with Gasteiger partial charge in [0.25, 0.3) is 0 Å². The van der Waals surface area contributed by atoms with Gasteiger partial charge in [-0.1, -0.05) is 12.1 Å². The molecule has 8 heteroatoms. The van der Waals surface area contributed by atoms with Gasteiger partial charge in [0.05, 0.1) is 12.1 Å². The number of nitrogens with two attached hydrogens (primary N) is 1. The van der Waals surface area contributed by atoms with Crippen molar-refractivity contribution in [3.63, 3.8) is 0 Å². The van der Waals surface area contributed by atoms with E-state index in [0.29, 0.717) is 56.2 Å². The van der Waals surface area contributed by atoms with Crippen LogP contribution in [0, 0.1) is 0 Å². The number of nitrogens with zero attached hydrogens (tertiary/aromatic N) is 2. The van der Waals surface area contributed by atoms with Gasteiger partial charge in [0.1, 0.15) is 18.0 Å². The van der Waals surface area contributed by atoms with Gasteiger partial charge >= 0.3 is 5.97 Å². The maximum Gasteiger partial charge on any atom is 0.311 e. The van der Waals surface area contributed by atoms with Gasteiger partial charge in [0.15, 0.2) is 0 Å². The fraction of sp³-hybridized carbons (Fsp3) is 0.450. The van der Waals surface area contributed by atoms with Gasteiger partial charge in [-0.25, -0.2) is 4.98 Å². The molecule has 2 aromatic rings. The highest BCUT2D eigenvalue weighted by molar-refractivity contribution is 5.75. The Balaban J connectivity index is 1.52. The maximum atomic E-state index is 11.5. The molecule has 2 aliphatic heterocycles. The van der Waals surface area contributed by atoms with Crippen LogP contribution in [-0.4, -0.2) is 36.3 Å². The second kappa shape index (κ2) is 7.73. The van der Waals surface area contributed by atoms with Gasteiger partial charge in [0.2, 0.25) is 11.8 Å². The number of anilines is 1. The lowest BCUT2D eigenvalue weighted by Gasteiger charge is -2.35. The molecule has 1 saturated heterocycles. The van der Waals surface area contributed by atoms with Crippen LogP contribution in [0.4, 0.5) is 5.95 Å². The van der Waals surface area contributed by atoms with Crippen molar-refractivity contribution < 1.29 is 23.7 Å². The SMILES string of the molecule is COC1(c2cc(OCc3ccc4c(c3)OC(=O)CC4)nc(N)n2)CCOCC1. The lowest BCUT2D eigenvalue weighted by Crippen LogP contribution is -2.36. The van der Waals surface area contributed by atoms with E-state index in [0.717, 1.165) is 11.1 Å². The van der Waals surface area contributed by atoms with E-state index in [-0.39, 0.29) is 18.5 Å². The molecule has 1 aromatic carbocycles. The van der Waals surface area contributed by atoms with E-state index in [2.05, 4.69) is 9.97 Å². The zero-order valence-electron chi connectivity index (χ0n) is 15.8. The Labute approximate surface area is 163 Å². The third kappa shape index (κ3) is 3.79. The summed E-state index contributed by atoms with van der Waals surface area (Å²) < 4.78 is 22.4. The smallest absolute Gasteiger partial charge is 0.311 e. The van der Waals surface area contributed by atoms with Crippen molar-refractivity contribution >= 4 is 11.9 Å². The number of aromatic nitrogens is 2. The molecule has 0 unspecified atom stereocenters. The molecular weight excluding hydrogens is 362 g/mol. The maximum absolute atomic E-state index is 11.5. The Hall–Kier alpha value is -2.71. The first-order valence-electron chi connectivity index (χ1n) is 9.31. The van der Waals surface area contributed by atoms with Gasteiger partial charge in [-0.2, -0.15) is 4.98 Å². The molecule has 3 heterocycles. The molecule has 2 N–H and O–H groups in total. The van der Waals surface area contributed by atoms with Crippen LogP contribution in [0.15, 0.2) is 24.3 Å². The van der Waals surface area contributed by atoms with E-state index in [4.69, 9.17) is 24.7 Å². The lowest BCUT2D eigenvalue weighted by molar-refractivity contribution is -0.135. The van der Waals surface area contributed by atoms with E-state index >= 15 is 0 Å². The van der Waals surface area contributed by atoms with E-state index in [9.17, 15) is 4.79 Å². The van der Waals surface area contributed by atoms with Crippen LogP contribution in [0.1, 0.15) is 36.1 Å². The largest absolute Gasteiger partial charge is 0.473 e. The van der Waals surface area contributed by atoms with Crippen molar-refractivity contribution in [3.8, 4) is 11.6 Å². The fourth-order valence-electron chi connectivity index (χ4n) is 3.57. The van der Waals surface area contributed by atoms with Crippen LogP contribution in [-0.2, 0) is 32.9 Å². The summed E-state index contributed by atoms with van der Waals surface area (Å²) in [4.78, 5) is 20.0. The first-order valence-corrected chi connectivity index (χ1v) is 9.31. The molecule has 0 saturated carbocycles. The average Bonchev–Trinajstić information content (AvgIpc) is 2.72. The molecule has 148 valence electrons. The van der Waals surface area contributed by atoms with E-state index in [1.54, 1.807) is 13.2 Å². The number of esters is 1. The minimum absolute atomic E-state index is 0.134. The quantitative estimate of drug-likeness (QED) is 0.616. The van der Waals surface area contributed by atoms with Gasteiger partial charge in [0, 0.05) is 39.2 Å². The van der Waals surface area contributed by atoms with Crippen LogP contribution < -0.4 is 15.2 Å². The monoisotopic (exact) mass is 385 g/mol. The van der Waals surface area contributed by atoms with Crippen LogP contribution in [0.3, 0.4) is 0 Å². The number of aryl methyl sites for hydroxylation is 1. The molecule has 2 aliphatic rings. The van der Waals surface area contributed by atoms with Crippen molar-refractivity contribution in [2.45, 2.75) is 37.9 Å². The zero-order chi connectivity index (χ0) is 19.6. The van der Waals surface area contributed by atoms with Crippen molar-refractivity contribution in [2.75, 3.05) is 26.1 Å². The molecule has 1 aromatic heterocycles. The van der Waals surface area contributed by atoms with Crippen LogP contribution in [0.5, 0.6) is 11.6 Å². The standard InChI is InChI=1S/C20H23N3O5/c1-25-20(6-8-26-9-7-20)16-11-17(23-19(21)22-16)27-12-13-2-3-14-4-5-18(24)28-15(14)10-13/h2-3,10-11H,4-9,12H2,1H3,(H2,21,22,23). The summed E-state index contributed by atoms with van der Waals surface area (Å²) in [5.74, 6) is 0.899. The van der Waals surface area contributed by atoms with E-state index < -0.39 is 5.60 Å². The predicted octanol–water partition coefficient (Wildman–Crippen LogP) is 2.14. The van der Waals surface area contributed by atoms with Gasteiger partial charge < -0.3 is 24.7 Å². The highest BCUT2D eigenvalue weighted by Gasteiger charge is 2.36.